The second-order valence-electron chi connectivity index (χ2n) is 6.70. The zero-order valence-electron chi connectivity index (χ0n) is 15.7. The molecule has 7 nitrogen and oxygen atoms in total. The Labute approximate surface area is 159 Å². The van der Waals surface area contributed by atoms with Crippen molar-refractivity contribution in [3.8, 4) is 0 Å². The fourth-order valence-electron chi connectivity index (χ4n) is 2.77. The van der Waals surface area contributed by atoms with E-state index in [0.29, 0.717) is 17.3 Å². The zero-order valence-corrected chi connectivity index (χ0v) is 16.6. The highest BCUT2D eigenvalue weighted by molar-refractivity contribution is 7.92. The Morgan fingerprint density at radius 2 is 1.67 bits per heavy atom. The molecular weight excluding hydrogens is 362 g/mol. The normalized spacial score (nSPS) is 11.6. The third-order valence-electron chi connectivity index (χ3n) is 4.20. The number of H-pyrrole nitrogens is 1. The predicted octanol–water partition coefficient (Wildman–Crippen LogP) is 4.09. The smallest absolute Gasteiger partial charge is 0.266 e. The minimum atomic E-state index is -3.74. The summed E-state index contributed by atoms with van der Waals surface area (Å²) in [7, 11) is -3.74. The number of aromatic nitrogens is 3. The van der Waals surface area contributed by atoms with E-state index in [1.54, 1.807) is 32.2 Å². The molecule has 0 saturated heterocycles. The molecule has 0 aliphatic heterocycles. The molecule has 0 atom stereocenters. The number of pyridine rings is 1. The fourth-order valence-corrected chi connectivity index (χ4v) is 4.15. The molecule has 8 heteroatoms. The van der Waals surface area contributed by atoms with E-state index in [9.17, 15) is 8.42 Å². The first-order chi connectivity index (χ1) is 12.8. The lowest BCUT2D eigenvalue weighted by Crippen LogP contribution is -2.15. The molecule has 3 N–H and O–H groups in total. The average molecular weight is 385 g/mol. The molecule has 0 fully saturated rings. The highest BCUT2D eigenvalue weighted by Crippen LogP contribution is 2.23. The van der Waals surface area contributed by atoms with Gasteiger partial charge in [-0.25, -0.2) is 13.4 Å². The molecule has 0 unspecified atom stereocenters. The highest BCUT2D eigenvalue weighted by Gasteiger charge is 2.22. The Morgan fingerprint density at radius 3 is 2.19 bits per heavy atom. The molecule has 0 bridgehead atoms. The molecule has 2 aromatic heterocycles. The van der Waals surface area contributed by atoms with Crippen molar-refractivity contribution in [3.63, 3.8) is 0 Å². The van der Waals surface area contributed by atoms with Crippen molar-refractivity contribution >= 4 is 27.2 Å². The first kappa shape index (κ1) is 18.9. The van der Waals surface area contributed by atoms with Crippen molar-refractivity contribution in [1.29, 1.82) is 0 Å². The average Bonchev–Trinajstić information content (AvgIpc) is 2.96. The van der Waals surface area contributed by atoms with E-state index >= 15 is 0 Å². The first-order valence-electron chi connectivity index (χ1n) is 8.63. The zero-order chi connectivity index (χ0) is 19.6. The van der Waals surface area contributed by atoms with Crippen molar-refractivity contribution in [2.75, 3.05) is 10.0 Å². The van der Waals surface area contributed by atoms with Gasteiger partial charge in [-0.05, 0) is 49.6 Å². The number of rotatable bonds is 6. The molecule has 0 spiro atoms. The van der Waals surface area contributed by atoms with E-state index in [4.69, 9.17) is 0 Å². The van der Waals surface area contributed by atoms with Gasteiger partial charge in [-0.3, -0.25) is 9.82 Å². The fraction of sp³-hybridized carbons (Fsp3) is 0.263. The number of sulfonamides is 1. The lowest BCUT2D eigenvalue weighted by Gasteiger charge is -2.10. The SMILES string of the molecule is Cc1n[nH]c(C)c1S(=O)(=O)Nc1ccc(Nc2ccc(C(C)C)cc2)cn1. The van der Waals surface area contributed by atoms with Gasteiger partial charge < -0.3 is 5.32 Å². The van der Waals surface area contributed by atoms with Gasteiger partial charge in [0.25, 0.3) is 10.0 Å². The van der Waals surface area contributed by atoms with Crippen LogP contribution >= 0.6 is 0 Å². The lowest BCUT2D eigenvalue weighted by atomic mass is 10.0. The summed E-state index contributed by atoms with van der Waals surface area (Å²) in [5.74, 6) is 0.728. The molecule has 27 heavy (non-hydrogen) atoms. The molecule has 0 aliphatic carbocycles. The largest absolute Gasteiger partial charge is 0.354 e. The van der Waals surface area contributed by atoms with Gasteiger partial charge in [0, 0.05) is 5.69 Å². The summed E-state index contributed by atoms with van der Waals surface area (Å²) < 4.78 is 27.6. The second-order valence-corrected chi connectivity index (χ2v) is 8.32. The summed E-state index contributed by atoms with van der Waals surface area (Å²) in [6, 6.07) is 11.6. The van der Waals surface area contributed by atoms with Crippen molar-refractivity contribution in [3.05, 3.63) is 59.5 Å². The number of aromatic amines is 1. The highest BCUT2D eigenvalue weighted by atomic mass is 32.2. The topological polar surface area (TPSA) is 99.8 Å². The van der Waals surface area contributed by atoms with E-state index in [0.717, 1.165) is 11.4 Å². The number of hydrogen-bond acceptors (Lipinski definition) is 5. The molecule has 0 saturated carbocycles. The van der Waals surface area contributed by atoms with Crippen LogP contribution in [0.2, 0.25) is 0 Å². The molecule has 2 heterocycles. The van der Waals surface area contributed by atoms with Crippen LogP contribution in [-0.2, 0) is 10.0 Å². The van der Waals surface area contributed by atoms with Crippen LogP contribution in [0.25, 0.3) is 0 Å². The van der Waals surface area contributed by atoms with Crippen molar-refractivity contribution in [2.24, 2.45) is 0 Å². The summed E-state index contributed by atoms with van der Waals surface area (Å²) in [4.78, 5) is 4.34. The molecule has 142 valence electrons. The minimum absolute atomic E-state index is 0.150. The van der Waals surface area contributed by atoms with Crippen LogP contribution in [0.5, 0.6) is 0 Å². The predicted molar refractivity (Wildman–Crippen MR) is 107 cm³/mol. The van der Waals surface area contributed by atoms with Crippen LogP contribution < -0.4 is 10.0 Å². The molecule has 3 rings (SSSR count). The maximum Gasteiger partial charge on any atom is 0.266 e. The Morgan fingerprint density at radius 1 is 1.00 bits per heavy atom. The summed E-state index contributed by atoms with van der Waals surface area (Å²) in [5.41, 5.74) is 3.89. The number of aryl methyl sites for hydroxylation is 2. The summed E-state index contributed by atoms with van der Waals surface area (Å²) in [6.07, 6.45) is 1.59. The number of hydrogen-bond donors (Lipinski definition) is 3. The summed E-state index contributed by atoms with van der Waals surface area (Å²) in [6.45, 7) is 7.61. The van der Waals surface area contributed by atoms with E-state index in [-0.39, 0.29) is 10.7 Å². The van der Waals surface area contributed by atoms with Crippen LogP contribution in [0.3, 0.4) is 0 Å². The number of anilines is 3. The van der Waals surface area contributed by atoms with Crippen LogP contribution in [0, 0.1) is 13.8 Å². The Hall–Kier alpha value is -2.87. The molecule has 3 aromatic rings. The third kappa shape index (κ3) is 4.28. The number of nitrogens with zero attached hydrogens (tertiary/aromatic N) is 2. The van der Waals surface area contributed by atoms with Crippen molar-refractivity contribution < 1.29 is 8.42 Å². The van der Waals surface area contributed by atoms with Crippen molar-refractivity contribution in [2.45, 2.75) is 38.5 Å². The van der Waals surface area contributed by atoms with Crippen LogP contribution in [0.15, 0.2) is 47.5 Å². The number of benzene rings is 1. The van der Waals surface area contributed by atoms with Gasteiger partial charge in [-0.1, -0.05) is 26.0 Å². The van der Waals surface area contributed by atoms with E-state index in [2.05, 4.69) is 51.2 Å². The van der Waals surface area contributed by atoms with E-state index in [1.807, 2.05) is 12.1 Å². The van der Waals surface area contributed by atoms with Crippen LogP contribution in [0.1, 0.15) is 36.7 Å². The third-order valence-corrected chi connectivity index (χ3v) is 5.81. The van der Waals surface area contributed by atoms with Gasteiger partial charge >= 0.3 is 0 Å². The summed E-state index contributed by atoms with van der Waals surface area (Å²) in [5, 5.41) is 9.85. The van der Waals surface area contributed by atoms with Gasteiger partial charge in [0.2, 0.25) is 0 Å². The molecule has 0 amide bonds. The van der Waals surface area contributed by atoms with Crippen molar-refractivity contribution in [1.82, 2.24) is 15.2 Å². The first-order valence-corrected chi connectivity index (χ1v) is 10.1. The second kappa shape index (κ2) is 7.40. The Balaban J connectivity index is 1.72. The standard InChI is InChI=1S/C19H23N5O2S/c1-12(2)15-5-7-16(8-6-15)21-17-9-10-18(20-11-17)24-27(25,26)19-13(3)22-23-14(19)4/h5-12,21H,1-4H3,(H,20,24)(H,22,23). The molecule has 1 aromatic carbocycles. The Bertz CT molecular complexity index is 1000. The maximum absolute atomic E-state index is 12.5. The van der Waals surface area contributed by atoms with E-state index in [1.165, 1.54) is 5.56 Å². The van der Waals surface area contributed by atoms with Gasteiger partial charge in [0.15, 0.2) is 0 Å². The van der Waals surface area contributed by atoms with Gasteiger partial charge in [0.1, 0.15) is 10.7 Å². The Kier molecular flexibility index (Phi) is 5.18. The lowest BCUT2D eigenvalue weighted by molar-refractivity contribution is 0.600. The number of nitrogens with one attached hydrogen (secondary N) is 3. The minimum Gasteiger partial charge on any atom is -0.354 e. The summed E-state index contributed by atoms with van der Waals surface area (Å²) >= 11 is 0. The van der Waals surface area contributed by atoms with Gasteiger partial charge in [-0.2, -0.15) is 5.10 Å². The molecule has 0 radical (unpaired) electrons. The van der Waals surface area contributed by atoms with Gasteiger partial charge in [-0.15, -0.1) is 0 Å². The quantitative estimate of drug-likeness (QED) is 0.593. The van der Waals surface area contributed by atoms with Gasteiger partial charge in [0.05, 0.1) is 23.3 Å². The molecular formula is C19H23N5O2S. The van der Waals surface area contributed by atoms with Crippen LogP contribution in [-0.4, -0.2) is 23.6 Å². The van der Waals surface area contributed by atoms with E-state index < -0.39 is 10.0 Å². The maximum atomic E-state index is 12.5. The van der Waals surface area contributed by atoms with Crippen LogP contribution in [0.4, 0.5) is 17.2 Å². The monoisotopic (exact) mass is 385 g/mol. The molecule has 0 aliphatic rings.